The molecule has 0 unspecified atom stereocenters. The van der Waals surface area contributed by atoms with E-state index in [0.717, 1.165) is 39.7 Å². The van der Waals surface area contributed by atoms with Gasteiger partial charge in [0.1, 0.15) is 5.82 Å². The number of rotatable bonds is 0. The minimum absolute atomic E-state index is 0.133. The Morgan fingerprint density at radius 2 is 2.11 bits per heavy atom. The van der Waals surface area contributed by atoms with Gasteiger partial charge in [0.05, 0.1) is 10.9 Å². The van der Waals surface area contributed by atoms with Crippen molar-refractivity contribution in [2.45, 2.75) is 44.6 Å². The van der Waals surface area contributed by atoms with Gasteiger partial charge in [0.2, 0.25) is 0 Å². The SMILES string of the molecule is Cc1cc(Br)c2nc3n(c(=O)c2c1)CCC31CCC1. The van der Waals surface area contributed by atoms with E-state index in [0.29, 0.717) is 0 Å². The monoisotopic (exact) mass is 318 g/mol. The van der Waals surface area contributed by atoms with Gasteiger partial charge in [-0.3, -0.25) is 9.36 Å². The fraction of sp³-hybridized carbons (Fsp3) is 0.467. The molecule has 0 N–H and O–H groups in total. The summed E-state index contributed by atoms with van der Waals surface area (Å²) in [4.78, 5) is 17.5. The molecule has 1 fully saturated rings. The molecule has 1 saturated carbocycles. The number of halogens is 1. The van der Waals surface area contributed by atoms with Crippen molar-refractivity contribution in [2.75, 3.05) is 0 Å². The van der Waals surface area contributed by atoms with Gasteiger partial charge in [-0.2, -0.15) is 0 Å². The van der Waals surface area contributed by atoms with E-state index >= 15 is 0 Å². The second kappa shape index (κ2) is 3.69. The molecule has 0 radical (unpaired) electrons. The molecular weight excluding hydrogens is 304 g/mol. The van der Waals surface area contributed by atoms with Crippen molar-refractivity contribution in [3.05, 3.63) is 38.3 Å². The van der Waals surface area contributed by atoms with Crippen LogP contribution in [0.2, 0.25) is 0 Å². The van der Waals surface area contributed by atoms with E-state index in [1.165, 1.54) is 19.3 Å². The van der Waals surface area contributed by atoms with Crippen LogP contribution in [-0.4, -0.2) is 9.55 Å². The van der Waals surface area contributed by atoms with E-state index in [1.807, 2.05) is 23.6 Å². The van der Waals surface area contributed by atoms with Crippen molar-refractivity contribution in [2.24, 2.45) is 0 Å². The summed E-state index contributed by atoms with van der Waals surface area (Å²) in [7, 11) is 0. The summed E-state index contributed by atoms with van der Waals surface area (Å²) in [5, 5.41) is 0.743. The van der Waals surface area contributed by atoms with Gasteiger partial charge in [0, 0.05) is 16.4 Å². The van der Waals surface area contributed by atoms with Crippen LogP contribution in [0.25, 0.3) is 10.9 Å². The van der Waals surface area contributed by atoms with Gasteiger partial charge in [0.25, 0.3) is 5.56 Å². The van der Waals surface area contributed by atoms with Crippen molar-refractivity contribution in [1.29, 1.82) is 0 Å². The van der Waals surface area contributed by atoms with Gasteiger partial charge >= 0.3 is 0 Å². The zero-order valence-electron chi connectivity index (χ0n) is 10.9. The van der Waals surface area contributed by atoms with E-state index in [9.17, 15) is 4.79 Å². The highest BCUT2D eigenvalue weighted by Gasteiger charge is 2.46. The molecule has 1 aliphatic carbocycles. The Labute approximate surface area is 119 Å². The minimum Gasteiger partial charge on any atom is -0.296 e. The first-order valence-electron chi connectivity index (χ1n) is 6.82. The molecule has 1 spiro atoms. The molecule has 0 amide bonds. The lowest BCUT2D eigenvalue weighted by Gasteiger charge is -2.37. The Morgan fingerprint density at radius 1 is 1.32 bits per heavy atom. The van der Waals surface area contributed by atoms with Gasteiger partial charge < -0.3 is 0 Å². The number of hydrogen-bond donors (Lipinski definition) is 0. The quantitative estimate of drug-likeness (QED) is 0.747. The second-order valence-corrected chi connectivity index (χ2v) is 6.77. The molecule has 0 bridgehead atoms. The van der Waals surface area contributed by atoms with E-state index < -0.39 is 0 Å². The minimum atomic E-state index is 0.133. The Hall–Kier alpha value is -1.16. The summed E-state index contributed by atoms with van der Waals surface area (Å²) in [6.45, 7) is 2.84. The molecule has 4 rings (SSSR count). The van der Waals surface area contributed by atoms with E-state index in [4.69, 9.17) is 4.98 Å². The summed E-state index contributed by atoms with van der Waals surface area (Å²) in [6.07, 6.45) is 4.73. The van der Waals surface area contributed by atoms with Gasteiger partial charge in [0.15, 0.2) is 0 Å². The Kier molecular flexibility index (Phi) is 2.26. The topological polar surface area (TPSA) is 34.9 Å². The lowest BCUT2D eigenvalue weighted by Crippen LogP contribution is -2.34. The predicted octanol–water partition coefficient (Wildman–Crippen LogP) is 3.29. The third-order valence-corrected chi connectivity index (χ3v) is 5.36. The fourth-order valence-electron chi connectivity index (χ4n) is 3.55. The van der Waals surface area contributed by atoms with Crippen LogP contribution in [0.1, 0.15) is 37.1 Å². The van der Waals surface area contributed by atoms with Crippen LogP contribution in [0.5, 0.6) is 0 Å². The van der Waals surface area contributed by atoms with Gasteiger partial charge in [-0.1, -0.05) is 6.42 Å². The molecule has 1 aliphatic heterocycles. The van der Waals surface area contributed by atoms with Crippen LogP contribution in [0, 0.1) is 6.92 Å². The van der Waals surface area contributed by atoms with E-state index in [1.54, 1.807) is 0 Å². The van der Waals surface area contributed by atoms with Crippen LogP contribution in [0.15, 0.2) is 21.4 Å². The summed E-state index contributed by atoms with van der Waals surface area (Å²) >= 11 is 3.56. The summed E-state index contributed by atoms with van der Waals surface area (Å²) < 4.78 is 2.84. The van der Waals surface area contributed by atoms with Gasteiger partial charge in [-0.25, -0.2) is 4.98 Å². The summed E-state index contributed by atoms with van der Waals surface area (Å²) in [5.41, 5.74) is 2.26. The van der Waals surface area contributed by atoms with Crippen LogP contribution >= 0.6 is 15.9 Å². The largest absolute Gasteiger partial charge is 0.296 e. The summed E-state index contributed by atoms with van der Waals surface area (Å²) in [6, 6.07) is 3.99. The predicted molar refractivity (Wildman–Crippen MR) is 78.6 cm³/mol. The zero-order chi connectivity index (χ0) is 13.2. The Balaban J connectivity index is 2.11. The molecule has 0 atom stereocenters. The molecule has 2 aliphatic rings. The average Bonchev–Trinajstić information content (AvgIpc) is 2.70. The lowest BCUT2D eigenvalue weighted by atomic mass is 9.67. The Bertz CT molecular complexity index is 759. The van der Waals surface area contributed by atoms with Crippen LogP contribution in [0.3, 0.4) is 0 Å². The molecule has 3 nitrogen and oxygen atoms in total. The highest BCUT2D eigenvalue weighted by atomic mass is 79.9. The number of benzene rings is 1. The van der Waals surface area contributed by atoms with Crippen LogP contribution in [0.4, 0.5) is 0 Å². The first-order valence-corrected chi connectivity index (χ1v) is 7.61. The number of fused-ring (bicyclic) bond motifs is 3. The summed E-state index contributed by atoms with van der Waals surface area (Å²) in [5.74, 6) is 1.03. The van der Waals surface area contributed by atoms with Crippen LogP contribution in [-0.2, 0) is 12.0 Å². The second-order valence-electron chi connectivity index (χ2n) is 5.92. The maximum absolute atomic E-state index is 12.7. The third-order valence-electron chi connectivity index (χ3n) is 4.76. The molecule has 19 heavy (non-hydrogen) atoms. The highest BCUT2D eigenvalue weighted by molar-refractivity contribution is 9.10. The molecule has 2 heterocycles. The standard InChI is InChI=1S/C15H15BrN2O/c1-9-7-10-12(11(16)8-9)17-14-15(3-2-4-15)5-6-18(14)13(10)19/h7-8H,2-6H2,1H3. The van der Waals surface area contributed by atoms with Crippen molar-refractivity contribution >= 4 is 26.8 Å². The van der Waals surface area contributed by atoms with Crippen molar-refractivity contribution < 1.29 is 0 Å². The zero-order valence-corrected chi connectivity index (χ0v) is 12.5. The van der Waals surface area contributed by atoms with E-state index in [-0.39, 0.29) is 11.0 Å². The maximum atomic E-state index is 12.7. The molecule has 4 heteroatoms. The smallest absolute Gasteiger partial charge is 0.261 e. The van der Waals surface area contributed by atoms with E-state index in [2.05, 4.69) is 15.9 Å². The van der Waals surface area contributed by atoms with Gasteiger partial charge in [-0.15, -0.1) is 0 Å². The highest BCUT2D eigenvalue weighted by Crippen LogP contribution is 2.49. The Morgan fingerprint density at radius 3 is 2.79 bits per heavy atom. The first-order chi connectivity index (χ1) is 9.11. The molecule has 98 valence electrons. The number of aromatic nitrogens is 2. The molecule has 1 aromatic carbocycles. The van der Waals surface area contributed by atoms with Crippen molar-refractivity contribution in [1.82, 2.24) is 9.55 Å². The third kappa shape index (κ3) is 1.43. The van der Waals surface area contributed by atoms with Crippen molar-refractivity contribution in [3.63, 3.8) is 0 Å². The average molecular weight is 319 g/mol. The first kappa shape index (κ1) is 11.6. The van der Waals surface area contributed by atoms with Crippen LogP contribution < -0.4 is 5.56 Å². The fourth-order valence-corrected chi connectivity index (χ4v) is 4.21. The molecule has 0 saturated heterocycles. The van der Waals surface area contributed by atoms with Crippen molar-refractivity contribution in [3.8, 4) is 0 Å². The number of nitrogens with zero attached hydrogens (tertiary/aromatic N) is 2. The van der Waals surface area contributed by atoms with Gasteiger partial charge in [-0.05, 0) is 59.8 Å². The number of hydrogen-bond acceptors (Lipinski definition) is 2. The maximum Gasteiger partial charge on any atom is 0.261 e. The number of aryl methyl sites for hydroxylation is 1. The molecular formula is C15H15BrN2O. The molecule has 2 aromatic rings. The normalized spacial score (nSPS) is 19.7. The lowest BCUT2D eigenvalue weighted by molar-refractivity contribution is 0.238. The molecule has 1 aromatic heterocycles.